The lowest BCUT2D eigenvalue weighted by Gasteiger charge is -2.31. The Balaban J connectivity index is 1.93. The Bertz CT molecular complexity index is 419. The van der Waals surface area contributed by atoms with Crippen LogP contribution in [0.15, 0.2) is 28.7 Å². The van der Waals surface area contributed by atoms with E-state index in [1.54, 1.807) is 0 Å². The Morgan fingerprint density at radius 3 is 2.79 bits per heavy atom. The first-order valence-corrected chi connectivity index (χ1v) is 7.65. The third kappa shape index (κ3) is 4.32. The van der Waals surface area contributed by atoms with Crippen molar-refractivity contribution >= 4 is 21.9 Å². The van der Waals surface area contributed by atoms with E-state index in [-0.39, 0.29) is 12.0 Å². The highest BCUT2D eigenvalue weighted by Crippen LogP contribution is 2.27. The van der Waals surface area contributed by atoms with Crippen molar-refractivity contribution in [2.45, 2.75) is 44.7 Å². The Morgan fingerprint density at radius 1 is 1.37 bits per heavy atom. The second kappa shape index (κ2) is 7.06. The summed E-state index contributed by atoms with van der Waals surface area (Å²) in [5.74, 6) is -0.101. The van der Waals surface area contributed by atoms with Crippen molar-refractivity contribution in [1.29, 1.82) is 0 Å². The van der Waals surface area contributed by atoms with Crippen LogP contribution in [0.2, 0.25) is 0 Å². The molecule has 0 saturated carbocycles. The maximum Gasteiger partial charge on any atom is 0.307 e. The maximum atomic E-state index is 11.5. The van der Waals surface area contributed by atoms with E-state index in [1.165, 1.54) is 5.56 Å². The van der Waals surface area contributed by atoms with Gasteiger partial charge in [-0.1, -0.05) is 28.1 Å². The van der Waals surface area contributed by atoms with Crippen molar-refractivity contribution in [3.05, 3.63) is 34.3 Å². The van der Waals surface area contributed by atoms with E-state index in [9.17, 15) is 4.79 Å². The fourth-order valence-electron chi connectivity index (χ4n) is 2.56. The van der Waals surface area contributed by atoms with Crippen LogP contribution in [0.5, 0.6) is 0 Å². The molecule has 1 N–H and O–H groups in total. The van der Waals surface area contributed by atoms with E-state index < -0.39 is 0 Å². The van der Waals surface area contributed by atoms with Crippen LogP contribution in [0.1, 0.15) is 44.2 Å². The van der Waals surface area contributed by atoms with E-state index >= 15 is 0 Å². The van der Waals surface area contributed by atoms with Crippen molar-refractivity contribution in [2.24, 2.45) is 0 Å². The SMILES string of the molecule is CCOC(=O)C[C@@H]1CCC[C@@H](c2ccc(Br)cc2)N1. The summed E-state index contributed by atoms with van der Waals surface area (Å²) in [7, 11) is 0. The van der Waals surface area contributed by atoms with Gasteiger partial charge in [-0.05, 0) is 43.9 Å². The summed E-state index contributed by atoms with van der Waals surface area (Å²) in [6.07, 6.45) is 3.80. The molecule has 0 radical (unpaired) electrons. The summed E-state index contributed by atoms with van der Waals surface area (Å²) in [5, 5.41) is 3.56. The fourth-order valence-corrected chi connectivity index (χ4v) is 2.82. The second-order valence-corrected chi connectivity index (χ2v) is 5.82. The summed E-state index contributed by atoms with van der Waals surface area (Å²) in [5.41, 5.74) is 1.29. The Hall–Kier alpha value is -0.870. The van der Waals surface area contributed by atoms with E-state index in [2.05, 4.69) is 45.5 Å². The number of esters is 1. The van der Waals surface area contributed by atoms with Gasteiger partial charge in [0.05, 0.1) is 13.0 Å². The molecule has 1 aliphatic rings. The number of carbonyl (C=O) groups is 1. The Morgan fingerprint density at radius 2 is 2.11 bits per heavy atom. The molecule has 1 aromatic rings. The van der Waals surface area contributed by atoms with E-state index in [1.807, 2.05) is 6.92 Å². The molecule has 19 heavy (non-hydrogen) atoms. The number of piperidine rings is 1. The largest absolute Gasteiger partial charge is 0.466 e. The monoisotopic (exact) mass is 325 g/mol. The minimum Gasteiger partial charge on any atom is -0.466 e. The van der Waals surface area contributed by atoms with Crippen LogP contribution in [0, 0.1) is 0 Å². The molecule has 0 aromatic heterocycles. The minimum atomic E-state index is -0.101. The number of rotatable bonds is 4. The summed E-state index contributed by atoms with van der Waals surface area (Å²) in [4.78, 5) is 11.5. The molecule has 0 amide bonds. The lowest BCUT2D eigenvalue weighted by atomic mass is 9.92. The van der Waals surface area contributed by atoms with Crippen LogP contribution >= 0.6 is 15.9 Å². The predicted molar refractivity (Wildman–Crippen MR) is 78.9 cm³/mol. The molecular formula is C15H20BrNO2. The molecule has 0 aliphatic carbocycles. The van der Waals surface area contributed by atoms with Crippen molar-refractivity contribution < 1.29 is 9.53 Å². The van der Waals surface area contributed by atoms with Gasteiger partial charge in [-0.25, -0.2) is 0 Å². The van der Waals surface area contributed by atoms with Crippen molar-refractivity contribution in [3.63, 3.8) is 0 Å². The Labute approximate surface area is 122 Å². The highest BCUT2D eigenvalue weighted by atomic mass is 79.9. The summed E-state index contributed by atoms with van der Waals surface area (Å²) in [6.45, 7) is 2.30. The van der Waals surface area contributed by atoms with Crippen LogP contribution < -0.4 is 5.32 Å². The fraction of sp³-hybridized carbons (Fsp3) is 0.533. The molecule has 0 bridgehead atoms. The van der Waals surface area contributed by atoms with Gasteiger partial charge in [0.1, 0.15) is 0 Å². The summed E-state index contributed by atoms with van der Waals surface area (Å²) < 4.78 is 6.11. The molecule has 4 heteroatoms. The molecule has 2 rings (SSSR count). The van der Waals surface area contributed by atoms with Gasteiger partial charge in [-0.15, -0.1) is 0 Å². The third-order valence-corrected chi connectivity index (χ3v) is 4.00. The van der Waals surface area contributed by atoms with Crippen molar-refractivity contribution in [2.75, 3.05) is 6.61 Å². The van der Waals surface area contributed by atoms with Crippen molar-refractivity contribution in [1.82, 2.24) is 5.32 Å². The predicted octanol–water partition coefficient (Wildman–Crippen LogP) is 3.59. The smallest absolute Gasteiger partial charge is 0.307 e. The minimum absolute atomic E-state index is 0.101. The zero-order valence-corrected chi connectivity index (χ0v) is 12.8. The molecule has 3 nitrogen and oxygen atoms in total. The second-order valence-electron chi connectivity index (χ2n) is 4.91. The highest BCUT2D eigenvalue weighted by molar-refractivity contribution is 9.10. The van der Waals surface area contributed by atoms with E-state index in [4.69, 9.17) is 4.74 Å². The normalized spacial score (nSPS) is 23.1. The molecule has 2 atom stereocenters. The van der Waals surface area contributed by atoms with Gasteiger partial charge >= 0.3 is 5.97 Å². The van der Waals surface area contributed by atoms with E-state index in [0.29, 0.717) is 19.1 Å². The van der Waals surface area contributed by atoms with Crippen molar-refractivity contribution in [3.8, 4) is 0 Å². The van der Waals surface area contributed by atoms with Gasteiger partial charge in [0.15, 0.2) is 0 Å². The van der Waals surface area contributed by atoms with Gasteiger partial charge in [-0.3, -0.25) is 4.79 Å². The number of nitrogens with one attached hydrogen (secondary N) is 1. The molecular weight excluding hydrogens is 306 g/mol. The molecule has 1 aromatic carbocycles. The van der Waals surface area contributed by atoms with Crippen LogP contribution in [-0.2, 0) is 9.53 Å². The summed E-state index contributed by atoms with van der Waals surface area (Å²) in [6, 6.07) is 8.98. The van der Waals surface area contributed by atoms with Crippen LogP contribution in [0.25, 0.3) is 0 Å². The van der Waals surface area contributed by atoms with Gasteiger partial charge in [0.2, 0.25) is 0 Å². The molecule has 1 saturated heterocycles. The lowest BCUT2D eigenvalue weighted by molar-refractivity contribution is -0.143. The molecule has 104 valence electrons. The molecule has 1 heterocycles. The molecule has 0 spiro atoms. The zero-order valence-electron chi connectivity index (χ0n) is 11.2. The van der Waals surface area contributed by atoms with Gasteiger partial charge < -0.3 is 10.1 Å². The highest BCUT2D eigenvalue weighted by Gasteiger charge is 2.24. The van der Waals surface area contributed by atoms with Gasteiger partial charge in [0.25, 0.3) is 0 Å². The zero-order chi connectivity index (χ0) is 13.7. The van der Waals surface area contributed by atoms with E-state index in [0.717, 1.165) is 23.7 Å². The molecule has 1 aliphatic heterocycles. The maximum absolute atomic E-state index is 11.5. The topological polar surface area (TPSA) is 38.3 Å². The lowest BCUT2D eigenvalue weighted by Crippen LogP contribution is -2.38. The number of halogens is 1. The first kappa shape index (κ1) is 14.5. The first-order chi connectivity index (χ1) is 9.19. The van der Waals surface area contributed by atoms with Gasteiger partial charge in [0, 0.05) is 16.6 Å². The van der Waals surface area contributed by atoms with Crippen LogP contribution in [0.4, 0.5) is 0 Å². The average molecular weight is 326 g/mol. The first-order valence-electron chi connectivity index (χ1n) is 6.86. The number of ether oxygens (including phenoxy) is 1. The third-order valence-electron chi connectivity index (χ3n) is 3.47. The van der Waals surface area contributed by atoms with Gasteiger partial charge in [-0.2, -0.15) is 0 Å². The van der Waals surface area contributed by atoms with Crippen LogP contribution in [0.3, 0.4) is 0 Å². The number of benzene rings is 1. The number of hydrogen-bond acceptors (Lipinski definition) is 3. The standard InChI is InChI=1S/C15H20BrNO2/c1-2-19-15(18)10-13-4-3-5-14(17-13)11-6-8-12(16)9-7-11/h6-9,13-14,17H,2-5,10H2,1H3/t13-,14-/m0/s1. The Kier molecular flexibility index (Phi) is 5.40. The van der Waals surface area contributed by atoms with Crippen LogP contribution in [-0.4, -0.2) is 18.6 Å². The summed E-state index contributed by atoms with van der Waals surface area (Å²) >= 11 is 3.45. The average Bonchev–Trinajstić information content (AvgIpc) is 2.40. The quantitative estimate of drug-likeness (QED) is 0.860. The molecule has 0 unspecified atom stereocenters. The number of carbonyl (C=O) groups excluding carboxylic acids is 1. The number of hydrogen-bond donors (Lipinski definition) is 1. The molecule has 1 fully saturated rings.